The third-order valence-corrected chi connectivity index (χ3v) is 8.74. The van der Waals surface area contributed by atoms with Crippen LogP contribution in [0.5, 0.6) is 11.5 Å². The van der Waals surface area contributed by atoms with Gasteiger partial charge in [-0.1, -0.05) is 36.4 Å². The summed E-state index contributed by atoms with van der Waals surface area (Å²) >= 11 is 4.61. The van der Waals surface area contributed by atoms with Crippen molar-refractivity contribution in [2.24, 2.45) is 0 Å². The fourth-order valence-corrected chi connectivity index (χ4v) is 6.22. The summed E-state index contributed by atoms with van der Waals surface area (Å²) in [6.45, 7) is 2.09. The number of carbonyl (C=O) groups excluding carboxylic acids is 1. The van der Waals surface area contributed by atoms with E-state index in [1.54, 1.807) is 14.2 Å². The number of anilines is 2. The van der Waals surface area contributed by atoms with Gasteiger partial charge in [0.15, 0.2) is 0 Å². The van der Waals surface area contributed by atoms with Crippen molar-refractivity contribution >= 4 is 62.5 Å². The van der Waals surface area contributed by atoms with E-state index < -0.39 is 6.04 Å². The summed E-state index contributed by atoms with van der Waals surface area (Å²) in [5.74, 6) is 1.11. The molecule has 1 aliphatic heterocycles. The van der Waals surface area contributed by atoms with E-state index in [4.69, 9.17) is 14.2 Å². The Labute approximate surface area is 274 Å². The highest BCUT2D eigenvalue weighted by Gasteiger charge is 2.43. The first-order chi connectivity index (χ1) is 20.4. The van der Waals surface area contributed by atoms with Gasteiger partial charge in [0, 0.05) is 41.8 Å². The van der Waals surface area contributed by atoms with Crippen LogP contribution < -0.4 is 19.7 Å². The van der Waals surface area contributed by atoms with E-state index >= 15 is 0 Å². The van der Waals surface area contributed by atoms with Crippen LogP contribution in [0.15, 0.2) is 108 Å². The molecule has 1 aliphatic rings. The molecule has 0 aliphatic carbocycles. The van der Waals surface area contributed by atoms with Crippen molar-refractivity contribution in [3.8, 4) is 11.5 Å². The van der Waals surface area contributed by atoms with Gasteiger partial charge in [0.1, 0.15) is 11.5 Å². The molecular formula is C34H32I2N2O4. The number of para-hydroxylation sites is 2. The predicted molar refractivity (Wildman–Crippen MR) is 184 cm³/mol. The molecule has 2 unspecified atom stereocenters. The second-order valence-electron chi connectivity index (χ2n) is 9.73. The third-order valence-electron chi connectivity index (χ3n) is 7.30. The number of hydrogen-bond acceptors (Lipinski definition) is 6. The molecule has 1 heterocycles. The number of methoxy groups -OCH3 is 2. The van der Waals surface area contributed by atoms with E-state index in [1.165, 1.54) is 0 Å². The average molecular weight is 786 g/mol. The van der Waals surface area contributed by atoms with Crippen molar-refractivity contribution in [2.45, 2.75) is 25.4 Å². The van der Waals surface area contributed by atoms with Gasteiger partial charge < -0.3 is 24.4 Å². The van der Waals surface area contributed by atoms with Crippen LogP contribution in [-0.4, -0.2) is 26.8 Å². The zero-order chi connectivity index (χ0) is 29.6. The molecule has 8 heteroatoms. The molecule has 42 heavy (non-hydrogen) atoms. The van der Waals surface area contributed by atoms with Gasteiger partial charge in [0.2, 0.25) is 0 Å². The van der Waals surface area contributed by atoms with Crippen molar-refractivity contribution in [1.29, 1.82) is 0 Å². The third kappa shape index (κ3) is 6.39. The minimum absolute atomic E-state index is 0.194. The van der Waals surface area contributed by atoms with Crippen LogP contribution in [0.25, 0.3) is 0 Å². The van der Waals surface area contributed by atoms with E-state index in [-0.39, 0.29) is 18.6 Å². The molecule has 2 atom stereocenters. The number of esters is 1. The predicted octanol–water partition coefficient (Wildman–Crippen LogP) is 8.54. The van der Waals surface area contributed by atoms with Gasteiger partial charge in [0.25, 0.3) is 0 Å². The number of hydrogen-bond donors (Lipinski definition) is 1. The summed E-state index contributed by atoms with van der Waals surface area (Å²) < 4.78 is 19.8. The Morgan fingerprint density at radius 1 is 0.810 bits per heavy atom. The molecule has 0 bridgehead atoms. The summed E-state index contributed by atoms with van der Waals surface area (Å²) in [4.78, 5) is 16.3. The molecule has 0 saturated carbocycles. The molecule has 4 aromatic carbocycles. The average Bonchev–Trinajstić information content (AvgIpc) is 3.02. The van der Waals surface area contributed by atoms with Crippen LogP contribution in [0.2, 0.25) is 0 Å². The van der Waals surface area contributed by atoms with Crippen LogP contribution in [0.1, 0.15) is 36.6 Å². The number of rotatable bonds is 9. The van der Waals surface area contributed by atoms with Gasteiger partial charge >= 0.3 is 5.97 Å². The van der Waals surface area contributed by atoms with Gasteiger partial charge in [-0.15, -0.1) is 0 Å². The molecule has 6 nitrogen and oxygen atoms in total. The lowest BCUT2D eigenvalue weighted by atomic mass is 9.83. The fourth-order valence-electron chi connectivity index (χ4n) is 5.50. The lowest BCUT2D eigenvalue weighted by Gasteiger charge is -2.46. The van der Waals surface area contributed by atoms with Crippen LogP contribution in [-0.2, 0) is 9.53 Å². The molecule has 216 valence electrons. The Morgan fingerprint density at radius 3 is 1.95 bits per heavy atom. The lowest BCUT2D eigenvalue weighted by molar-refractivity contribution is -0.139. The number of carbonyl (C=O) groups is 1. The van der Waals surface area contributed by atoms with E-state index in [0.717, 1.165) is 41.1 Å². The zero-order valence-electron chi connectivity index (χ0n) is 23.6. The first-order valence-corrected chi connectivity index (χ1v) is 15.8. The van der Waals surface area contributed by atoms with Crippen molar-refractivity contribution in [2.75, 3.05) is 31.0 Å². The standard InChI is InChI=1S/C34H32I2N2O4/c1-4-42-34(39)32-28(37-24-17-13-22(35)14-18-24)21-29(26-9-5-7-11-30(26)40-2)38(25-19-15-23(36)16-20-25)33(32)27-10-6-8-12-31(27)41-3/h5-20,29,33,37H,4,21H2,1-3H3. The van der Waals surface area contributed by atoms with Gasteiger partial charge in [-0.3, -0.25) is 0 Å². The normalized spacial score (nSPS) is 16.6. The Balaban J connectivity index is 1.83. The van der Waals surface area contributed by atoms with Gasteiger partial charge in [0.05, 0.1) is 38.5 Å². The van der Waals surface area contributed by atoms with Gasteiger partial charge in [-0.05, 0) is 113 Å². The molecule has 0 saturated heterocycles. The molecule has 0 aromatic heterocycles. The van der Waals surface area contributed by atoms with Crippen molar-refractivity contribution < 1.29 is 19.0 Å². The number of benzene rings is 4. The second-order valence-corrected chi connectivity index (χ2v) is 12.2. The quantitative estimate of drug-likeness (QED) is 0.136. The highest BCUT2D eigenvalue weighted by molar-refractivity contribution is 14.1. The molecule has 0 amide bonds. The maximum Gasteiger partial charge on any atom is 0.338 e. The van der Waals surface area contributed by atoms with Gasteiger partial charge in [-0.2, -0.15) is 0 Å². The van der Waals surface area contributed by atoms with Crippen LogP contribution in [0.4, 0.5) is 11.4 Å². The van der Waals surface area contributed by atoms with Crippen molar-refractivity contribution in [3.05, 3.63) is 127 Å². The van der Waals surface area contributed by atoms with E-state index in [1.807, 2.05) is 73.7 Å². The molecule has 0 spiro atoms. The van der Waals surface area contributed by atoms with Crippen LogP contribution in [0, 0.1) is 7.14 Å². The van der Waals surface area contributed by atoms with E-state index in [0.29, 0.717) is 17.7 Å². The summed E-state index contributed by atoms with van der Waals surface area (Å²) in [6, 6.07) is 31.8. The molecular weight excluding hydrogens is 754 g/mol. The Bertz CT molecular complexity index is 1570. The van der Waals surface area contributed by atoms with Crippen molar-refractivity contribution in [3.63, 3.8) is 0 Å². The summed E-state index contributed by atoms with van der Waals surface area (Å²) in [6.07, 6.45) is 0.512. The number of ether oxygens (including phenoxy) is 3. The molecule has 0 radical (unpaired) electrons. The summed E-state index contributed by atoms with van der Waals surface area (Å²) in [5.41, 5.74) is 5.09. The van der Waals surface area contributed by atoms with E-state index in [2.05, 4.69) is 85.7 Å². The highest BCUT2D eigenvalue weighted by Crippen LogP contribution is 2.51. The fraction of sp³-hybridized carbons (Fsp3) is 0.206. The highest BCUT2D eigenvalue weighted by atomic mass is 127. The second kappa shape index (κ2) is 13.8. The minimum atomic E-state index is -0.532. The molecule has 1 N–H and O–H groups in total. The topological polar surface area (TPSA) is 60.0 Å². The largest absolute Gasteiger partial charge is 0.496 e. The smallest absolute Gasteiger partial charge is 0.338 e. The molecule has 0 fully saturated rings. The first-order valence-electron chi connectivity index (χ1n) is 13.7. The summed E-state index contributed by atoms with van der Waals surface area (Å²) in [5, 5.41) is 3.62. The number of halogens is 2. The Morgan fingerprint density at radius 2 is 1.36 bits per heavy atom. The minimum Gasteiger partial charge on any atom is -0.496 e. The monoisotopic (exact) mass is 786 g/mol. The molecule has 4 aromatic rings. The van der Waals surface area contributed by atoms with Crippen molar-refractivity contribution in [1.82, 2.24) is 0 Å². The molecule has 5 rings (SSSR count). The maximum atomic E-state index is 14.0. The van der Waals surface area contributed by atoms with Gasteiger partial charge in [-0.25, -0.2) is 4.79 Å². The lowest BCUT2D eigenvalue weighted by Crippen LogP contribution is -2.42. The number of nitrogens with one attached hydrogen (secondary N) is 1. The maximum absolute atomic E-state index is 14.0. The first kappa shape index (κ1) is 30.2. The summed E-state index contributed by atoms with van der Waals surface area (Å²) in [7, 11) is 3.35. The number of nitrogens with zero attached hydrogens (tertiary/aromatic N) is 1. The SMILES string of the molecule is CCOC(=O)C1=C(Nc2ccc(I)cc2)CC(c2ccccc2OC)N(c2ccc(I)cc2)C1c1ccccc1OC. The van der Waals surface area contributed by atoms with Crippen LogP contribution >= 0.6 is 45.2 Å². The van der Waals surface area contributed by atoms with E-state index in [9.17, 15) is 4.79 Å². The zero-order valence-corrected chi connectivity index (χ0v) is 28.0. The Kier molecular flexibility index (Phi) is 9.94. The van der Waals surface area contributed by atoms with Crippen LogP contribution in [0.3, 0.4) is 0 Å². The Hall–Kier alpha value is -3.25.